The average Bonchev–Trinajstić information content (AvgIpc) is 2.68. The fraction of sp³-hybridized carbons (Fsp3) is 0.0909. The predicted molar refractivity (Wildman–Crippen MR) is 106 cm³/mol. The summed E-state index contributed by atoms with van der Waals surface area (Å²) in [7, 11) is 0. The molecule has 1 amide bonds. The van der Waals surface area contributed by atoms with Crippen LogP contribution in [0.2, 0.25) is 0 Å². The molecule has 0 unspecified atom stereocenters. The largest absolute Gasteiger partial charge is 0.330 e. The molecular weight excluding hydrogens is 342 g/mol. The Morgan fingerprint density at radius 3 is 1.54 bits per heavy atom. The van der Waals surface area contributed by atoms with Crippen molar-refractivity contribution in [3.8, 4) is 0 Å². The molecule has 3 aromatic rings. The van der Waals surface area contributed by atoms with Crippen molar-refractivity contribution in [2.75, 3.05) is 0 Å². The Kier molecular flexibility index (Phi) is 5.87. The summed E-state index contributed by atoms with van der Waals surface area (Å²) in [5.74, 6) is -0.185. The summed E-state index contributed by atoms with van der Waals surface area (Å²) >= 11 is 3.91. The van der Waals surface area contributed by atoms with Gasteiger partial charge in [-0.2, -0.15) is 0 Å². The van der Waals surface area contributed by atoms with Gasteiger partial charge in [-0.1, -0.05) is 72.8 Å². The zero-order valence-corrected chi connectivity index (χ0v) is 15.1. The van der Waals surface area contributed by atoms with E-state index in [9.17, 15) is 9.59 Å². The highest BCUT2D eigenvalue weighted by atomic mass is 32.1. The van der Waals surface area contributed by atoms with Crippen LogP contribution in [0, 0.1) is 0 Å². The molecule has 0 saturated carbocycles. The Balaban J connectivity index is 1.94. The minimum Gasteiger partial charge on any atom is -0.330 e. The Hall–Kier alpha value is -2.85. The smallest absolute Gasteiger partial charge is 0.255 e. The molecule has 3 nitrogen and oxygen atoms in total. The highest BCUT2D eigenvalue weighted by Gasteiger charge is 2.21. The van der Waals surface area contributed by atoms with Crippen molar-refractivity contribution in [2.24, 2.45) is 0 Å². The molecule has 26 heavy (non-hydrogen) atoms. The number of nitrogens with zero attached hydrogens (tertiary/aromatic N) is 1. The first-order chi connectivity index (χ1) is 12.6. The van der Waals surface area contributed by atoms with E-state index in [1.807, 2.05) is 60.7 Å². The van der Waals surface area contributed by atoms with Gasteiger partial charge in [0, 0.05) is 18.7 Å². The zero-order valence-electron chi connectivity index (χ0n) is 14.2. The Bertz CT molecular complexity index is 853. The maximum Gasteiger partial charge on any atom is 0.255 e. The number of hydrogen-bond acceptors (Lipinski definition) is 2. The minimum atomic E-state index is -0.409. The van der Waals surface area contributed by atoms with Gasteiger partial charge < -0.3 is 4.90 Å². The van der Waals surface area contributed by atoms with Crippen molar-refractivity contribution in [3.63, 3.8) is 0 Å². The summed E-state index contributed by atoms with van der Waals surface area (Å²) in [4.78, 5) is 26.8. The molecule has 0 aromatic heterocycles. The molecule has 0 atom stereocenters. The molecule has 0 N–H and O–H groups in total. The number of carbonyl (C=O) groups excluding carboxylic acids is 2. The van der Waals surface area contributed by atoms with Crippen LogP contribution < -0.4 is 0 Å². The molecule has 0 aliphatic carbocycles. The quantitative estimate of drug-likeness (QED) is 0.652. The molecular formula is C22H19NO2S. The van der Waals surface area contributed by atoms with Gasteiger partial charge in [-0.05, 0) is 23.3 Å². The monoisotopic (exact) mass is 361 g/mol. The first kappa shape index (κ1) is 18.0. The molecule has 0 heterocycles. The maximum atomic E-state index is 13.2. The number of amides is 1. The van der Waals surface area contributed by atoms with E-state index in [4.69, 9.17) is 0 Å². The van der Waals surface area contributed by atoms with Crippen LogP contribution in [0.1, 0.15) is 31.8 Å². The van der Waals surface area contributed by atoms with Crippen LogP contribution in [-0.4, -0.2) is 15.9 Å². The number of benzene rings is 3. The van der Waals surface area contributed by atoms with Crippen LogP contribution in [-0.2, 0) is 13.1 Å². The average molecular weight is 361 g/mol. The van der Waals surface area contributed by atoms with Crippen LogP contribution in [0.4, 0.5) is 0 Å². The molecule has 0 bridgehead atoms. The van der Waals surface area contributed by atoms with Gasteiger partial charge in [-0.25, -0.2) is 0 Å². The second-order valence-corrected chi connectivity index (χ2v) is 6.39. The molecule has 0 spiro atoms. The lowest BCUT2D eigenvalue weighted by molar-refractivity contribution is 0.0727. The van der Waals surface area contributed by atoms with Gasteiger partial charge in [0.2, 0.25) is 5.12 Å². The topological polar surface area (TPSA) is 37.4 Å². The molecule has 3 aromatic carbocycles. The first-order valence-electron chi connectivity index (χ1n) is 8.34. The molecule has 0 aliphatic rings. The molecule has 0 fully saturated rings. The van der Waals surface area contributed by atoms with E-state index in [2.05, 4.69) is 12.6 Å². The van der Waals surface area contributed by atoms with E-state index in [1.165, 1.54) is 0 Å². The third-order valence-electron chi connectivity index (χ3n) is 4.11. The highest BCUT2D eigenvalue weighted by molar-refractivity contribution is 7.97. The van der Waals surface area contributed by atoms with Gasteiger partial charge >= 0.3 is 0 Å². The summed E-state index contributed by atoms with van der Waals surface area (Å²) in [6.07, 6.45) is 0. The Morgan fingerprint density at radius 2 is 1.08 bits per heavy atom. The SMILES string of the molecule is O=C(S)c1ccccc1C(=O)N(Cc1ccccc1)Cc1ccccc1. The van der Waals surface area contributed by atoms with Crippen molar-refractivity contribution in [2.45, 2.75) is 13.1 Å². The van der Waals surface area contributed by atoms with Gasteiger partial charge in [-0.3, -0.25) is 9.59 Å². The van der Waals surface area contributed by atoms with Gasteiger partial charge in [0.15, 0.2) is 0 Å². The normalized spacial score (nSPS) is 10.3. The Morgan fingerprint density at radius 1 is 0.654 bits per heavy atom. The second kappa shape index (κ2) is 8.50. The van der Waals surface area contributed by atoms with E-state index in [-0.39, 0.29) is 5.91 Å². The molecule has 4 heteroatoms. The second-order valence-electron chi connectivity index (χ2n) is 5.98. The van der Waals surface area contributed by atoms with Crippen LogP contribution >= 0.6 is 12.6 Å². The van der Waals surface area contributed by atoms with Crippen molar-refractivity contribution in [3.05, 3.63) is 107 Å². The summed E-state index contributed by atoms with van der Waals surface area (Å²) in [6.45, 7) is 0.924. The third-order valence-corrected chi connectivity index (χ3v) is 4.35. The lowest BCUT2D eigenvalue weighted by atomic mass is 10.1. The van der Waals surface area contributed by atoms with Gasteiger partial charge in [0.25, 0.3) is 5.91 Å². The van der Waals surface area contributed by atoms with Crippen LogP contribution in [0.25, 0.3) is 0 Å². The van der Waals surface area contributed by atoms with Crippen LogP contribution in [0.3, 0.4) is 0 Å². The van der Waals surface area contributed by atoms with Crippen molar-refractivity contribution < 1.29 is 9.59 Å². The Labute approximate surface area is 158 Å². The van der Waals surface area contributed by atoms with Crippen molar-refractivity contribution in [1.82, 2.24) is 4.90 Å². The van der Waals surface area contributed by atoms with Gasteiger partial charge in [0.05, 0.1) is 5.56 Å². The molecule has 3 rings (SSSR count). The van der Waals surface area contributed by atoms with E-state index < -0.39 is 5.12 Å². The van der Waals surface area contributed by atoms with Gasteiger partial charge in [-0.15, -0.1) is 12.6 Å². The van der Waals surface area contributed by atoms with E-state index in [0.29, 0.717) is 24.2 Å². The third kappa shape index (κ3) is 4.41. The zero-order chi connectivity index (χ0) is 18.4. The summed E-state index contributed by atoms with van der Waals surface area (Å²) in [5, 5.41) is -0.409. The van der Waals surface area contributed by atoms with Crippen LogP contribution in [0.15, 0.2) is 84.9 Å². The fourth-order valence-electron chi connectivity index (χ4n) is 2.83. The lowest BCUT2D eigenvalue weighted by Crippen LogP contribution is -2.31. The highest BCUT2D eigenvalue weighted by Crippen LogP contribution is 2.18. The number of hydrogen-bond donors (Lipinski definition) is 1. The molecule has 0 saturated heterocycles. The molecule has 130 valence electrons. The molecule has 0 aliphatic heterocycles. The summed E-state index contributed by atoms with van der Waals surface area (Å²) in [5.41, 5.74) is 2.77. The fourth-order valence-corrected chi connectivity index (χ4v) is 3.03. The van der Waals surface area contributed by atoms with Crippen molar-refractivity contribution >= 4 is 23.7 Å². The molecule has 0 radical (unpaired) electrons. The van der Waals surface area contributed by atoms with E-state index >= 15 is 0 Å². The van der Waals surface area contributed by atoms with Crippen molar-refractivity contribution in [1.29, 1.82) is 0 Å². The standard InChI is InChI=1S/C22H19NO2S/c24-21(19-13-7-8-14-20(19)22(25)26)23(15-17-9-3-1-4-10-17)16-18-11-5-2-6-12-18/h1-14H,15-16H2,(H,25,26). The predicted octanol–water partition coefficient (Wildman–Crippen LogP) is 4.60. The first-order valence-corrected chi connectivity index (χ1v) is 8.79. The van der Waals surface area contributed by atoms with E-state index in [1.54, 1.807) is 29.2 Å². The number of thiol groups is 1. The lowest BCUT2D eigenvalue weighted by Gasteiger charge is -2.24. The number of rotatable bonds is 6. The minimum absolute atomic E-state index is 0.185. The maximum absolute atomic E-state index is 13.2. The number of carbonyl (C=O) groups is 2. The summed E-state index contributed by atoms with van der Waals surface area (Å²) < 4.78 is 0. The van der Waals surface area contributed by atoms with Crippen LogP contribution in [0.5, 0.6) is 0 Å². The summed E-state index contributed by atoms with van der Waals surface area (Å²) in [6, 6.07) is 26.4. The van der Waals surface area contributed by atoms with Gasteiger partial charge in [0.1, 0.15) is 0 Å². The van der Waals surface area contributed by atoms with E-state index in [0.717, 1.165) is 11.1 Å².